The van der Waals surface area contributed by atoms with E-state index >= 15 is 0 Å². The van der Waals surface area contributed by atoms with Crippen LogP contribution in [0.2, 0.25) is 5.02 Å². The number of halogens is 2. The van der Waals surface area contributed by atoms with Crippen molar-refractivity contribution in [3.63, 3.8) is 0 Å². The third-order valence-electron chi connectivity index (χ3n) is 4.18. The van der Waals surface area contributed by atoms with Crippen molar-refractivity contribution in [3.8, 4) is 0 Å². The zero-order chi connectivity index (χ0) is 20.4. The number of fused-ring (bicyclic) bond motifs is 1. The predicted octanol–water partition coefficient (Wildman–Crippen LogP) is 3.60. The SMILES string of the molecule is NC1=NC(c2c[nH]c3ccccc23)N=C(SCC(=O)Nc2ccc(F)c(Cl)c2)N1. The Morgan fingerprint density at radius 3 is 2.93 bits per heavy atom. The van der Waals surface area contributed by atoms with Crippen molar-refractivity contribution in [2.45, 2.75) is 6.17 Å². The minimum Gasteiger partial charge on any atom is -0.370 e. The molecule has 0 saturated carbocycles. The Bertz CT molecular complexity index is 1140. The van der Waals surface area contributed by atoms with E-state index < -0.39 is 12.0 Å². The molecule has 3 aromatic rings. The fourth-order valence-corrected chi connectivity index (χ4v) is 3.74. The number of thioether (sulfide) groups is 1. The molecule has 1 atom stereocenters. The van der Waals surface area contributed by atoms with Gasteiger partial charge >= 0.3 is 0 Å². The largest absolute Gasteiger partial charge is 0.370 e. The number of nitrogens with zero attached hydrogens (tertiary/aromatic N) is 2. The summed E-state index contributed by atoms with van der Waals surface area (Å²) in [6.07, 6.45) is 1.35. The van der Waals surface area contributed by atoms with Gasteiger partial charge in [0.15, 0.2) is 17.3 Å². The van der Waals surface area contributed by atoms with E-state index in [2.05, 4.69) is 25.6 Å². The van der Waals surface area contributed by atoms with Gasteiger partial charge in [0.05, 0.1) is 10.8 Å². The molecule has 4 rings (SSSR count). The Balaban J connectivity index is 1.44. The first-order chi connectivity index (χ1) is 14.0. The summed E-state index contributed by atoms with van der Waals surface area (Å²) in [4.78, 5) is 24.3. The molecule has 0 spiro atoms. The first-order valence-electron chi connectivity index (χ1n) is 8.61. The summed E-state index contributed by atoms with van der Waals surface area (Å²) in [5.41, 5.74) is 8.21. The second-order valence-corrected chi connectivity index (χ2v) is 7.57. The topological polar surface area (TPSA) is 108 Å². The lowest BCUT2D eigenvalue weighted by Crippen LogP contribution is -2.39. The molecule has 0 saturated heterocycles. The average Bonchev–Trinajstić information content (AvgIpc) is 3.13. The van der Waals surface area contributed by atoms with Crippen molar-refractivity contribution in [2.24, 2.45) is 15.7 Å². The van der Waals surface area contributed by atoms with Crippen LogP contribution in [0.3, 0.4) is 0 Å². The Labute approximate surface area is 174 Å². The van der Waals surface area contributed by atoms with E-state index in [1.807, 2.05) is 30.5 Å². The molecule has 1 aliphatic rings. The molecule has 1 unspecified atom stereocenters. The Hall–Kier alpha value is -3.04. The fraction of sp³-hybridized carbons (Fsp3) is 0.105. The van der Waals surface area contributed by atoms with Crippen molar-refractivity contribution in [2.75, 3.05) is 11.1 Å². The number of benzene rings is 2. The molecule has 1 amide bonds. The number of hydrogen-bond acceptors (Lipinski definition) is 6. The molecular formula is C19H16ClFN6OS. The standard InChI is InChI=1S/C19H16ClFN6OS/c20-13-7-10(5-6-14(13)21)24-16(28)9-29-19-26-17(25-18(22)27-19)12-8-23-15-4-2-1-3-11(12)15/h1-8,17,23H,9H2,(H,24,28)(H3,22,25,26,27). The lowest BCUT2D eigenvalue weighted by atomic mass is 10.1. The van der Waals surface area contributed by atoms with Crippen molar-refractivity contribution in [3.05, 3.63) is 65.1 Å². The van der Waals surface area contributed by atoms with Gasteiger partial charge in [-0.2, -0.15) is 0 Å². The number of nitrogens with one attached hydrogen (secondary N) is 3. The minimum absolute atomic E-state index is 0.0562. The van der Waals surface area contributed by atoms with Gasteiger partial charge in [-0.1, -0.05) is 41.6 Å². The number of amidine groups is 1. The maximum Gasteiger partial charge on any atom is 0.234 e. The predicted molar refractivity (Wildman–Crippen MR) is 116 cm³/mol. The van der Waals surface area contributed by atoms with Crippen LogP contribution in [0.4, 0.5) is 10.1 Å². The van der Waals surface area contributed by atoms with Crippen molar-refractivity contribution in [1.29, 1.82) is 0 Å². The van der Waals surface area contributed by atoms with E-state index in [9.17, 15) is 9.18 Å². The highest BCUT2D eigenvalue weighted by molar-refractivity contribution is 8.14. The summed E-state index contributed by atoms with van der Waals surface area (Å²) >= 11 is 6.92. The monoisotopic (exact) mass is 430 g/mol. The number of guanidine groups is 1. The second kappa shape index (κ2) is 8.14. The van der Waals surface area contributed by atoms with Gasteiger partial charge in [0, 0.05) is 28.4 Å². The summed E-state index contributed by atoms with van der Waals surface area (Å²) in [5.74, 6) is -0.525. The van der Waals surface area contributed by atoms with Crippen LogP contribution in [-0.4, -0.2) is 27.8 Å². The highest BCUT2D eigenvalue weighted by Gasteiger charge is 2.20. The molecule has 1 aromatic heterocycles. The van der Waals surface area contributed by atoms with Gasteiger partial charge in [-0.3, -0.25) is 4.79 Å². The Morgan fingerprint density at radius 2 is 2.10 bits per heavy atom. The van der Waals surface area contributed by atoms with E-state index in [4.69, 9.17) is 17.3 Å². The van der Waals surface area contributed by atoms with Crippen molar-refractivity contribution < 1.29 is 9.18 Å². The number of rotatable bonds is 4. The maximum absolute atomic E-state index is 13.2. The number of hydrogen-bond donors (Lipinski definition) is 4. The summed E-state index contributed by atoms with van der Waals surface area (Å²) in [5, 5.41) is 6.97. The Morgan fingerprint density at radius 1 is 1.28 bits per heavy atom. The third-order valence-corrected chi connectivity index (χ3v) is 5.36. The highest BCUT2D eigenvalue weighted by Crippen LogP contribution is 2.29. The van der Waals surface area contributed by atoms with Gasteiger partial charge in [0.25, 0.3) is 0 Å². The van der Waals surface area contributed by atoms with E-state index in [0.29, 0.717) is 10.9 Å². The van der Waals surface area contributed by atoms with Crippen molar-refractivity contribution in [1.82, 2.24) is 10.3 Å². The van der Waals surface area contributed by atoms with Crippen LogP contribution in [0.25, 0.3) is 10.9 Å². The summed E-state index contributed by atoms with van der Waals surface area (Å²) in [6, 6.07) is 11.8. The highest BCUT2D eigenvalue weighted by atomic mass is 35.5. The zero-order valence-electron chi connectivity index (χ0n) is 14.9. The molecule has 7 nitrogen and oxygen atoms in total. The number of aliphatic imine (C=N–C) groups is 2. The minimum atomic E-state index is -0.544. The molecule has 1 aliphatic heterocycles. The first kappa shape index (κ1) is 19.3. The van der Waals surface area contributed by atoms with Gasteiger partial charge < -0.3 is 21.4 Å². The molecule has 0 bridgehead atoms. The zero-order valence-corrected chi connectivity index (χ0v) is 16.5. The van der Waals surface area contributed by atoms with E-state index in [-0.39, 0.29) is 22.6 Å². The van der Waals surface area contributed by atoms with Crippen molar-refractivity contribution >= 4 is 57.0 Å². The van der Waals surface area contributed by atoms with Crippen LogP contribution in [0.5, 0.6) is 0 Å². The molecule has 5 N–H and O–H groups in total. The number of anilines is 1. The summed E-state index contributed by atoms with van der Waals surface area (Å²) in [7, 11) is 0. The molecule has 0 radical (unpaired) electrons. The number of para-hydroxylation sites is 1. The number of H-pyrrole nitrogens is 1. The van der Waals surface area contributed by atoms with Crippen LogP contribution in [0.15, 0.2) is 58.6 Å². The second-order valence-electron chi connectivity index (χ2n) is 6.20. The number of aromatic nitrogens is 1. The van der Waals surface area contributed by atoms with E-state index in [1.54, 1.807) is 0 Å². The molecule has 148 valence electrons. The van der Waals surface area contributed by atoms with Gasteiger partial charge in [-0.15, -0.1) is 0 Å². The van der Waals surface area contributed by atoms with E-state index in [0.717, 1.165) is 16.5 Å². The fourth-order valence-electron chi connectivity index (χ4n) is 2.87. The van der Waals surface area contributed by atoms with Crippen LogP contribution in [-0.2, 0) is 4.79 Å². The van der Waals surface area contributed by atoms with Gasteiger partial charge in [-0.25, -0.2) is 14.4 Å². The lowest BCUT2D eigenvalue weighted by molar-refractivity contribution is -0.113. The number of amides is 1. The van der Waals surface area contributed by atoms with Crippen LogP contribution in [0, 0.1) is 5.82 Å². The third kappa shape index (κ3) is 4.36. The van der Waals surface area contributed by atoms with Crippen LogP contribution >= 0.6 is 23.4 Å². The number of carbonyl (C=O) groups is 1. The number of carbonyl (C=O) groups excluding carboxylic acids is 1. The molecule has 29 heavy (non-hydrogen) atoms. The first-order valence-corrected chi connectivity index (χ1v) is 9.98. The van der Waals surface area contributed by atoms with Crippen LogP contribution < -0.4 is 16.4 Å². The summed E-state index contributed by atoms with van der Waals surface area (Å²) in [6.45, 7) is 0. The molecule has 0 fully saturated rings. The normalized spacial score (nSPS) is 16.1. The summed E-state index contributed by atoms with van der Waals surface area (Å²) < 4.78 is 13.2. The molecule has 2 heterocycles. The molecule has 10 heteroatoms. The molecule has 0 aliphatic carbocycles. The van der Waals surface area contributed by atoms with Gasteiger partial charge in [-0.05, 0) is 24.3 Å². The smallest absolute Gasteiger partial charge is 0.234 e. The Kier molecular flexibility index (Phi) is 5.41. The number of aromatic amines is 1. The van der Waals surface area contributed by atoms with Crippen LogP contribution in [0.1, 0.15) is 11.7 Å². The lowest BCUT2D eigenvalue weighted by Gasteiger charge is -2.18. The van der Waals surface area contributed by atoms with Gasteiger partial charge in [0.1, 0.15) is 5.82 Å². The number of nitrogens with two attached hydrogens (primary N) is 1. The molecule has 2 aromatic carbocycles. The maximum atomic E-state index is 13.2. The van der Waals surface area contributed by atoms with Gasteiger partial charge in [0.2, 0.25) is 5.91 Å². The quantitative estimate of drug-likeness (QED) is 0.507. The van der Waals surface area contributed by atoms with E-state index in [1.165, 1.54) is 30.0 Å². The molecular weight excluding hydrogens is 415 g/mol. The average molecular weight is 431 g/mol.